The third-order valence-corrected chi connectivity index (χ3v) is 3.19. The van der Waals surface area contributed by atoms with E-state index in [2.05, 4.69) is 0 Å². The minimum absolute atomic E-state index is 0.0576. The topological polar surface area (TPSA) is 32.7 Å². The Balaban J connectivity index is 2.02. The van der Waals surface area contributed by atoms with Gasteiger partial charge in [-0.25, -0.2) is 8.78 Å². The van der Waals surface area contributed by atoms with Crippen LogP contribution in [0.25, 0.3) is 0 Å². The van der Waals surface area contributed by atoms with Crippen LogP contribution in [0.2, 0.25) is 0 Å². The number of aliphatic hydroxyl groups excluding tert-OH is 1. The Morgan fingerprint density at radius 2 is 2.28 bits per heavy atom. The number of aliphatic hydroxyl groups is 1. The molecule has 1 heterocycles. The molecule has 0 saturated carbocycles. The number of benzene rings is 1. The monoisotopic (exact) mass is 257 g/mol. The Labute approximate surface area is 105 Å². The van der Waals surface area contributed by atoms with E-state index in [4.69, 9.17) is 4.74 Å². The summed E-state index contributed by atoms with van der Waals surface area (Å²) >= 11 is 0. The highest BCUT2D eigenvalue weighted by Gasteiger charge is 2.26. The Bertz CT molecular complexity index is 414. The van der Waals surface area contributed by atoms with Gasteiger partial charge in [-0.15, -0.1) is 0 Å². The van der Waals surface area contributed by atoms with Crippen molar-refractivity contribution < 1.29 is 18.6 Å². The SMILES string of the molecule is CN1CCOC(C(O)Cc2cccc(F)c2F)C1. The predicted molar refractivity (Wildman–Crippen MR) is 63.3 cm³/mol. The lowest BCUT2D eigenvalue weighted by Crippen LogP contribution is -2.46. The second-order valence-corrected chi connectivity index (χ2v) is 4.66. The normalized spacial score (nSPS) is 23.0. The summed E-state index contributed by atoms with van der Waals surface area (Å²) in [7, 11) is 1.94. The summed E-state index contributed by atoms with van der Waals surface area (Å²) in [4.78, 5) is 2.04. The molecule has 3 nitrogen and oxygen atoms in total. The van der Waals surface area contributed by atoms with Crippen molar-refractivity contribution in [2.24, 2.45) is 0 Å². The maximum absolute atomic E-state index is 13.5. The van der Waals surface area contributed by atoms with Gasteiger partial charge in [0.2, 0.25) is 0 Å². The molecule has 2 rings (SSSR count). The third kappa shape index (κ3) is 3.04. The zero-order valence-electron chi connectivity index (χ0n) is 10.3. The van der Waals surface area contributed by atoms with Gasteiger partial charge in [0.25, 0.3) is 0 Å². The number of ether oxygens (including phenoxy) is 1. The van der Waals surface area contributed by atoms with Crippen molar-refractivity contribution in [3.63, 3.8) is 0 Å². The number of nitrogens with zero attached hydrogens (tertiary/aromatic N) is 1. The molecule has 0 spiro atoms. The molecule has 0 radical (unpaired) electrons. The molecule has 18 heavy (non-hydrogen) atoms. The first-order valence-electron chi connectivity index (χ1n) is 5.99. The zero-order chi connectivity index (χ0) is 13.1. The Morgan fingerprint density at radius 3 is 3.00 bits per heavy atom. The van der Waals surface area contributed by atoms with Gasteiger partial charge >= 0.3 is 0 Å². The molecule has 1 N–H and O–H groups in total. The van der Waals surface area contributed by atoms with Crippen molar-refractivity contribution >= 4 is 0 Å². The van der Waals surface area contributed by atoms with E-state index in [-0.39, 0.29) is 18.1 Å². The molecule has 2 atom stereocenters. The highest BCUT2D eigenvalue weighted by atomic mass is 19.2. The van der Waals surface area contributed by atoms with Crippen molar-refractivity contribution in [2.75, 3.05) is 26.7 Å². The number of rotatable bonds is 3. The highest BCUT2D eigenvalue weighted by Crippen LogP contribution is 2.17. The standard InChI is InChI=1S/C13H17F2NO2/c1-16-5-6-18-12(8-16)11(17)7-9-3-2-4-10(14)13(9)15/h2-4,11-12,17H,5-8H2,1H3. The molecule has 2 unspecified atom stereocenters. The molecule has 1 fully saturated rings. The van der Waals surface area contributed by atoms with E-state index in [1.807, 2.05) is 11.9 Å². The molecular formula is C13H17F2NO2. The predicted octanol–water partition coefficient (Wildman–Crippen LogP) is 1.20. The molecule has 0 bridgehead atoms. The van der Waals surface area contributed by atoms with Crippen molar-refractivity contribution in [2.45, 2.75) is 18.6 Å². The summed E-state index contributed by atoms with van der Waals surface area (Å²) in [5, 5.41) is 10.0. The molecule has 100 valence electrons. The van der Waals surface area contributed by atoms with E-state index in [1.165, 1.54) is 12.1 Å². The van der Waals surface area contributed by atoms with E-state index in [0.29, 0.717) is 13.2 Å². The van der Waals surface area contributed by atoms with Crippen molar-refractivity contribution in [1.29, 1.82) is 0 Å². The lowest BCUT2D eigenvalue weighted by Gasteiger charge is -2.33. The van der Waals surface area contributed by atoms with Crippen molar-refractivity contribution in [3.05, 3.63) is 35.4 Å². The average Bonchev–Trinajstić information content (AvgIpc) is 2.35. The Morgan fingerprint density at radius 1 is 1.50 bits per heavy atom. The lowest BCUT2D eigenvalue weighted by atomic mass is 10.0. The van der Waals surface area contributed by atoms with E-state index in [9.17, 15) is 13.9 Å². The fourth-order valence-electron chi connectivity index (χ4n) is 2.11. The first-order chi connectivity index (χ1) is 8.58. The summed E-state index contributed by atoms with van der Waals surface area (Å²) in [5.74, 6) is -1.78. The molecule has 0 aliphatic carbocycles. The van der Waals surface area contributed by atoms with Gasteiger partial charge in [-0.2, -0.15) is 0 Å². The fraction of sp³-hybridized carbons (Fsp3) is 0.538. The lowest BCUT2D eigenvalue weighted by molar-refractivity contribution is -0.0825. The van der Waals surface area contributed by atoms with Crippen LogP contribution in [0.5, 0.6) is 0 Å². The third-order valence-electron chi connectivity index (χ3n) is 3.19. The van der Waals surface area contributed by atoms with Gasteiger partial charge in [0, 0.05) is 19.5 Å². The van der Waals surface area contributed by atoms with Crippen LogP contribution in [0, 0.1) is 11.6 Å². The van der Waals surface area contributed by atoms with Crippen LogP contribution in [0.15, 0.2) is 18.2 Å². The second kappa shape index (κ2) is 5.73. The van der Waals surface area contributed by atoms with Crippen LogP contribution >= 0.6 is 0 Å². The first-order valence-corrected chi connectivity index (χ1v) is 5.99. The zero-order valence-corrected chi connectivity index (χ0v) is 10.3. The number of morpholine rings is 1. The van der Waals surface area contributed by atoms with Gasteiger partial charge in [-0.05, 0) is 18.7 Å². The molecule has 5 heteroatoms. The summed E-state index contributed by atoms with van der Waals surface area (Å²) in [5.41, 5.74) is 0.180. The number of hydrogen-bond donors (Lipinski definition) is 1. The largest absolute Gasteiger partial charge is 0.390 e. The van der Waals surface area contributed by atoms with E-state index in [1.54, 1.807) is 0 Å². The smallest absolute Gasteiger partial charge is 0.162 e. The van der Waals surface area contributed by atoms with Gasteiger partial charge < -0.3 is 14.7 Å². The summed E-state index contributed by atoms with van der Waals surface area (Å²) in [6.07, 6.45) is -1.13. The Hall–Kier alpha value is -1.04. The molecule has 0 amide bonds. The van der Waals surface area contributed by atoms with Crippen LogP contribution in [0.1, 0.15) is 5.56 Å². The summed E-state index contributed by atoms with van der Waals surface area (Å²) < 4.78 is 32.0. The highest BCUT2D eigenvalue weighted by molar-refractivity contribution is 5.20. The van der Waals surface area contributed by atoms with Crippen LogP contribution < -0.4 is 0 Å². The molecule has 1 aliphatic heterocycles. The molecule has 1 aliphatic rings. The summed E-state index contributed by atoms with van der Waals surface area (Å²) in [6, 6.07) is 3.98. The van der Waals surface area contributed by atoms with E-state index >= 15 is 0 Å². The second-order valence-electron chi connectivity index (χ2n) is 4.66. The molecule has 1 saturated heterocycles. The van der Waals surface area contributed by atoms with Gasteiger partial charge in [0.05, 0.1) is 18.8 Å². The van der Waals surface area contributed by atoms with Gasteiger partial charge in [-0.3, -0.25) is 0 Å². The molecule has 1 aromatic carbocycles. The van der Waals surface area contributed by atoms with Crippen molar-refractivity contribution in [1.82, 2.24) is 4.90 Å². The maximum atomic E-state index is 13.5. The quantitative estimate of drug-likeness (QED) is 0.883. The number of hydrogen-bond acceptors (Lipinski definition) is 3. The van der Waals surface area contributed by atoms with Gasteiger partial charge in [0.1, 0.15) is 0 Å². The molecular weight excluding hydrogens is 240 g/mol. The van der Waals surface area contributed by atoms with Crippen LogP contribution in [0.3, 0.4) is 0 Å². The maximum Gasteiger partial charge on any atom is 0.162 e. The van der Waals surface area contributed by atoms with Crippen molar-refractivity contribution in [3.8, 4) is 0 Å². The van der Waals surface area contributed by atoms with Crippen LogP contribution in [0.4, 0.5) is 8.78 Å². The fourth-order valence-corrected chi connectivity index (χ4v) is 2.11. The average molecular weight is 257 g/mol. The van der Waals surface area contributed by atoms with E-state index in [0.717, 1.165) is 12.6 Å². The summed E-state index contributed by atoms with van der Waals surface area (Å²) in [6.45, 7) is 1.96. The number of halogens is 2. The van der Waals surface area contributed by atoms with E-state index < -0.39 is 17.7 Å². The van der Waals surface area contributed by atoms with Crippen LogP contribution in [-0.4, -0.2) is 49.0 Å². The number of likely N-dealkylation sites (N-methyl/N-ethyl adjacent to an activating group) is 1. The Kier molecular flexibility index (Phi) is 4.27. The van der Waals surface area contributed by atoms with Gasteiger partial charge in [-0.1, -0.05) is 12.1 Å². The molecule has 1 aromatic rings. The van der Waals surface area contributed by atoms with Crippen LogP contribution in [-0.2, 0) is 11.2 Å². The minimum atomic E-state index is -0.888. The minimum Gasteiger partial charge on any atom is -0.390 e. The van der Waals surface area contributed by atoms with Gasteiger partial charge in [0.15, 0.2) is 11.6 Å². The first kappa shape index (κ1) is 13.4. The molecule has 0 aromatic heterocycles.